The van der Waals surface area contributed by atoms with Crippen LogP contribution in [0.15, 0.2) is 54.7 Å². The highest BCUT2D eigenvalue weighted by molar-refractivity contribution is 5.85. The molecule has 1 aromatic carbocycles. The first-order chi connectivity index (χ1) is 7.86. The Morgan fingerprint density at radius 2 is 1.65 bits per heavy atom. The highest BCUT2D eigenvalue weighted by atomic mass is 35.5. The van der Waals surface area contributed by atoms with Gasteiger partial charge in [0.15, 0.2) is 0 Å². The SMILES string of the molecule is Cl.Oc1c(-c2ccccc2)nc2ccccn12. The van der Waals surface area contributed by atoms with Crippen molar-refractivity contribution in [3.05, 3.63) is 54.7 Å². The van der Waals surface area contributed by atoms with Crippen molar-refractivity contribution in [2.24, 2.45) is 0 Å². The second-order valence-electron chi connectivity index (χ2n) is 3.58. The summed E-state index contributed by atoms with van der Waals surface area (Å²) >= 11 is 0. The first-order valence-electron chi connectivity index (χ1n) is 5.08. The Balaban J connectivity index is 0.00000108. The molecule has 3 nitrogen and oxygen atoms in total. The summed E-state index contributed by atoms with van der Waals surface area (Å²) in [5, 5.41) is 10.0. The lowest BCUT2D eigenvalue weighted by atomic mass is 10.2. The van der Waals surface area contributed by atoms with Gasteiger partial charge in [-0.2, -0.15) is 0 Å². The zero-order valence-corrected chi connectivity index (χ0v) is 9.76. The number of nitrogens with zero attached hydrogens (tertiary/aromatic N) is 2. The summed E-state index contributed by atoms with van der Waals surface area (Å²) in [5.41, 5.74) is 2.29. The van der Waals surface area contributed by atoms with Crippen molar-refractivity contribution in [3.8, 4) is 17.1 Å². The molecule has 0 amide bonds. The summed E-state index contributed by atoms with van der Waals surface area (Å²) in [5.74, 6) is 0.182. The third-order valence-electron chi connectivity index (χ3n) is 2.55. The third-order valence-corrected chi connectivity index (χ3v) is 2.55. The molecule has 2 heterocycles. The summed E-state index contributed by atoms with van der Waals surface area (Å²) in [6.07, 6.45) is 1.80. The molecular weight excluding hydrogens is 236 g/mol. The molecule has 0 spiro atoms. The van der Waals surface area contributed by atoms with Crippen molar-refractivity contribution in [2.75, 3.05) is 0 Å². The van der Waals surface area contributed by atoms with Gasteiger partial charge in [-0.05, 0) is 12.1 Å². The van der Waals surface area contributed by atoms with E-state index in [2.05, 4.69) is 4.98 Å². The van der Waals surface area contributed by atoms with E-state index >= 15 is 0 Å². The number of rotatable bonds is 1. The van der Waals surface area contributed by atoms with Gasteiger partial charge in [0, 0.05) is 11.8 Å². The zero-order valence-electron chi connectivity index (χ0n) is 8.95. The third kappa shape index (κ3) is 1.85. The van der Waals surface area contributed by atoms with Crippen molar-refractivity contribution in [1.29, 1.82) is 0 Å². The topological polar surface area (TPSA) is 37.5 Å². The molecule has 1 N–H and O–H groups in total. The van der Waals surface area contributed by atoms with E-state index in [1.54, 1.807) is 10.6 Å². The summed E-state index contributed by atoms with van der Waals surface area (Å²) in [6, 6.07) is 15.3. The second-order valence-corrected chi connectivity index (χ2v) is 3.58. The Morgan fingerprint density at radius 1 is 0.941 bits per heavy atom. The van der Waals surface area contributed by atoms with Gasteiger partial charge in [0.25, 0.3) is 0 Å². The highest BCUT2D eigenvalue weighted by Gasteiger charge is 2.11. The van der Waals surface area contributed by atoms with Crippen LogP contribution in [0.5, 0.6) is 5.88 Å². The normalized spacial score (nSPS) is 10.1. The lowest BCUT2D eigenvalue weighted by molar-refractivity contribution is 0.450. The smallest absolute Gasteiger partial charge is 0.224 e. The number of hydrogen-bond acceptors (Lipinski definition) is 2. The van der Waals surface area contributed by atoms with E-state index < -0.39 is 0 Å². The van der Waals surface area contributed by atoms with Gasteiger partial charge < -0.3 is 5.11 Å². The molecule has 0 aliphatic carbocycles. The Labute approximate surface area is 105 Å². The summed E-state index contributed by atoms with van der Waals surface area (Å²) < 4.78 is 1.67. The number of aromatic nitrogens is 2. The molecule has 0 atom stereocenters. The number of hydrogen-bond donors (Lipinski definition) is 1. The molecule has 0 unspecified atom stereocenters. The van der Waals surface area contributed by atoms with Gasteiger partial charge in [-0.25, -0.2) is 4.98 Å². The van der Waals surface area contributed by atoms with Crippen molar-refractivity contribution < 1.29 is 5.11 Å². The molecule has 4 heteroatoms. The van der Waals surface area contributed by atoms with E-state index in [1.165, 1.54) is 0 Å². The molecule has 3 aromatic rings. The first-order valence-corrected chi connectivity index (χ1v) is 5.08. The van der Waals surface area contributed by atoms with Gasteiger partial charge in [-0.15, -0.1) is 12.4 Å². The average Bonchev–Trinajstić information content (AvgIpc) is 2.69. The fourth-order valence-electron chi connectivity index (χ4n) is 1.77. The maximum Gasteiger partial charge on any atom is 0.224 e. The molecule has 0 saturated carbocycles. The van der Waals surface area contributed by atoms with E-state index in [4.69, 9.17) is 0 Å². The Morgan fingerprint density at radius 3 is 2.35 bits per heavy atom. The van der Waals surface area contributed by atoms with Crippen LogP contribution in [0.25, 0.3) is 16.9 Å². The van der Waals surface area contributed by atoms with Crippen LogP contribution in [0, 0.1) is 0 Å². The molecular formula is C13H11ClN2O. The fourth-order valence-corrected chi connectivity index (χ4v) is 1.77. The van der Waals surface area contributed by atoms with Crippen LogP contribution in [0.3, 0.4) is 0 Å². The van der Waals surface area contributed by atoms with E-state index in [0.29, 0.717) is 5.69 Å². The average molecular weight is 247 g/mol. The van der Waals surface area contributed by atoms with Gasteiger partial charge in [-0.3, -0.25) is 4.40 Å². The van der Waals surface area contributed by atoms with Crippen LogP contribution >= 0.6 is 12.4 Å². The van der Waals surface area contributed by atoms with Crippen LogP contribution < -0.4 is 0 Å². The van der Waals surface area contributed by atoms with Crippen LogP contribution in [-0.2, 0) is 0 Å². The van der Waals surface area contributed by atoms with Gasteiger partial charge in [-0.1, -0.05) is 36.4 Å². The molecule has 0 radical (unpaired) electrons. The predicted octanol–water partition coefficient (Wildman–Crippen LogP) is 3.13. The summed E-state index contributed by atoms with van der Waals surface area (Å²) in [4.78, 5) is 4.40. The van der Waals surface area contributed by atoms with Crippen LogP contribution in [0.2, 0.25) is 0 Å². The maximum atomic E-state index is 10.0. The summed E-state index contributed by atoms with van der Waals surface area (Å²) in [7, 11) is 0. The molecule has 0 aliphatic heterocycles. The predicted molar refractivity (Wildman–Crippen MR) is 69.5 cm³/mol. The Bertz CT molecular complexity index is 634. The molecule has 86 valence electrons. The number of halogens is 1. The monoisotopic (exact) mass is 246 g/mol. The molecule has 2 aromatic heterocycles. The molecule has 0 bridgehead atoms. The van der Waals surface area contributed by atoms with Gasteiger partial charge in [0.2, 0.25) is 5.88 Å². The van der Waals surface area contributed by atoms with Crippen LogP contribution in [0.1, 0.15) is 0 Å². The quantitative estimate of drug-likeness (QED) is 0.716. The fraction of sp³-hybridized carbons (Fsp3) is 0. The maximum absolute atomic E-state index is 10.0. The first kappa shape index (κ1) is 11.5. The number of benzene rings is 1. The van der Waals surface area contributed by atoms with E-state index in [9.17, 15) is 5.11 Å². The molecule has 0 fully saturated rings. The second kappa shape index (κ2) is 4.47. The van der Waals surface area contributed by atoms with E-state index in [-0.39, 0.29) is 18.3 Å². The highest BCUT2D eigenvalue weighted by Crippen LogP contribution is 2.28. The largest absolute Gasteiger partial charge is 0.493 e. The minimum absolute atomic E-state index is 0. The minimum atomic E-state index is 0. The lowest BCUT2D eigenvalue weighted by Crippen LogP contribution is -1.80. The van der Waals surface area contributed by atoms with Crippen molar-refractivity contribution in [1.82, 2.24) is 9.38 Å². The Kier molecular flexibility index (Phi) is 3.02. The number of imidazole rings is 1. The van der Waals surface area contributed by atoms with Crippen molar-refractivity contribution in [2.45, 2.75) is 0 Å². The molecule has 0 saturated heterocycles. The number of pyridine rings is 1. The standard InChI is InChI=1S/C13H10N2O.ClH/c16-13-12(10-6-2-1-3-7-10)14-11-8-4-5-9-15(11)13;/h1-9,16H;1H. The number of aromatic hydroxyl groups is 1. The van der Waals surface area contributed by atoms with Crippen LogP contribution in [-0.4, -0.2) is 14.5 Å². The van der Waals surface area contributed by atoms with E-state index in [1.807, 2.05) is 48.5 Å². The van der Waals surface area contributed by atoms with Gasteiger partial charge in [0.05, 0.1) is 0 Å². The molecule has 17 heavy (non-hydrogen) atoms. The zero-order chi connectivity index (χ0) is 11.0. The van der Waals surface area contributed by atoms with Crippen molar-refractivity contribution in [3.63, 3.8) is 0 Å². The molecule has 3 rings (SSSR count). The van der Waals surface area contributed by atoms with Gasteiger partial charge in [0.1, 0.15) is 11.3 Å². The van der Waals surface area contributed by atoms with E-state index in [0.717, 1.165) is 11.2 Å². The molecule has 0 aliphatic rings. The van der Waals surface area contributed by atoms with Gasteiger partial charge >= 0.3 is 0 Å². The summed E-state index contributed by atoms with van der Waals surface area (Å²) in [6.45, 7) is 0. The minimum Gasteiger partial charge on any atom is -0.493 e. The number of fused-ring (bicyclic) bond motifs is 1. The van der Waals surface area contributed by atoms with Crippen molar-refractivity contribution >= 4 is 18.1 Å². The van der Waals surface area contributed by atoms with Crippen LogP contribution in [0.4, 0.5) is 0 Å². The lowest BCUT2D eigenvalue weighted by Gasteiger charge is -1.96. The Hall–Kier alpha value is -2.00.